The van der Waals surface area contributed by atoms with Crippen LogP contribution in [0.1, 0.15) is 16.7 Å². The Morgan fingerprint density at radius 2 is 1.84 bits per heavy atom. The third-order valence-corrected chi connectivity index (χ3v) is 4.27. The maximum absolute atomic E-state index is 5.35. The maximum Gasteiger partial charge on any atom is 0.170 e. The highest BCUT2D eigenvalue weighted by molar-refractivity contribution is 7.80. The second kappa shape index (κ2) is 8.44. The van der Waals surface area contributed by atoms with E-state index in [1.54, 1.807) is 6.20 Å². The molecule has 0 spiro atoms. The number of hydrogen-bond acceptors (Lipinski definition) is 2. The van der Waals surface area contributed by atoms with Crippen LogP contribution in [0.5, 0.6) is 0 Å². The molecule has 25 heavy (non-hydrogen) atoms. The Labute approximate surface area is 153 Å². The van der Waals surface area contributed by atoms with Gasteiger partial charge in [-0.25, -0.2) is 0 Å². The molecule has 3 aromatic rings. The van der Waals surface area contributed by atoms with Gasteiger partial charge in [-0.05, 0) is 42.3 Å². The van der Waals surface area contributed by atoms with E-state index in [2.05, 4.69) is 71.2 Å². The van der Waals surface area contributed by atoms with E-state index < -0.39 is 0 Å². The topological polar surface area (TPSA) is 41.9 Å². The number of nitrogens with one attached hydrogen (secondary N) is 2. The van der Waals surface area contributed by atoms with Crippen molar-refractivity contribution >= 4 is 23.0 Å². The van der Waals surface area contributed by atoms with E-state index in [9.17, 15) is 0 Å². The van der Waals surface area contributed by atoms with E-state index in [-0.39, 0.29) is 0 Å². The Bertz CT molecular complexity index is 826. The predicted molar refractivity (Wildman–Crippen MR) is 107 cm³/mol. The average Bonchev–Trinajstić information content (AvgIpc) is 3.05. The van der Waals surface area contributed by atoms with Crippen molar-refractivity contribution in [2.24, 2.45) is 0 Å². The SMILES string of the molecule is Cc1ccccc1Cn1cc(NC(=S)NCCc2ccccc2)cn1. The van der Waals surface area contributed by atoms with Crippen LogP contribution in [0.4, 0.5) is 5.69 Å². The number of aryl methyl sites for hydroxylation is 1. The van der Waals surface area contributed by atoms with Gasteiger partial charge in [-0.15, -0.1) is 0 Å². The highest BCUT2D eigenvalue weighted by atomic mass is 32.1. The van der Waals surface area contributed by atoms with Crippen molar-refractivity contribution in [3.05, 3.63) is 83.7 Å². The quantitative estimate of drug-likeness (QED) is 0.664. The van der Waals surface area contributed by atoms with Crippen molar-refractivity contribution in [1.29, 1.82) is 0 Å². The summed E-state index contributed by atoms with van der Waals surface area (Å²) in [5.74, 6) is 0. The molecule has 0 amide bonds. The first-order chi connectivity index (χ1) is 12.2. The van der Waals surface area contributed by atoms with Gasteiger partial charge in [0, 0.05) is 12.7 Å². The lowest BCUT2D eigenvalue weighted by Gasteiger charge is -2.09. The number of hydrogen-bond donors (Lipinski definition) is 2. The van der Waals surface area contributed by atoms with Gasteiger partial charge >= 0.3 is 0 Å². The molecule has 0 aliphatic carbocycles. The molecule has 0 atom stereocenters. The molecule has 0 unspecified atom stereocenters. The lowest BCUT2D eigenvalue weighted by atomic mass is 10.1. The van der Waals surface area contributed by atoms with Gasteiger partial charge in [0.2, 0.25) is 0 Å². The number of aromatic nitrogens is 2. The molecule has 0 saturated heterocycles. The fraction of sp³-hybridized carbons (Fsp3) is 0.200. The van der Waals surface area contributed by atoms with Crippen LogP contribution in [0.15, 0.2) is 67.0 Å². The van der Waals surface area contributed by atoms with E-state index in [1.165, 1.54) is 16.7 Å². The summed E-state index contributed by atoms with van der Waals surface area (Å²) in [5.41, 5.74) is 4.72. The Balaban J connectivity index is 1.47. The maximum atomic E-state index is 5.35. The lowest BCUT2D eigenvalue weighted by molar-refractivity contribution is 0.684. The normalized spacial score (nSPS) is 10.4. The van der Waals surface area contributed by atoms with Crippen LogP contribution in [0, 0.1) is 6.92 Å². The van der Waals surface area contributed by atoms with Crippen molar-refractivity contribution < 1.29 is 0 Å². The predicted octanol–water partition coefficient (Wildman–Crippen LogP) is 3.77. The van der Waals surface area contributed by atoms with Crippen LogP contribution in [-0.2, 0) is 13.0 Å². The van der Waals surface area contributed by atoms with Crippen LogP contribution < -0.4 is 10.6 Å². The van der Waals surface area contributed by atoms with Gasteiger partial charge in [0.25, 0.3) is 0 Å². The molecule has 128 valence electrons. The summed E-state index contributed by atoms with van der Waals surface area (Å²) >= 11 is 5.35. The Morgan fingerprint density at radius 3 is 2.64 bits per heavy atom. The smallest absolute Gasteiger partial charge is 0.170 e. The molecule has 0 fully saturated rings. The molecule has 4 nitrogen and oxygen atoms in total. The van der Waals surface area contributed by atoms with Crippen LogP contribution in [-0.4, -0.2) is 21.4 Å². The molecule has 2 aromatic carbocycles. The fourth-order valence-electron chi connectivity index (χ4n) is 2.62. The number of anilines is 1. The number of benzene rings is 2. The molecule has 0 bridgehead atoms. The first-order valence-electron chi connectivity index (χ1n) is 8.36. The minimum absolute atomic E-state index is 0.617. The van der Waals surface area contributed by atoms with E-state index in [0.717, 1.165) is 25.2 Å². The molecule has 2 N–H and O–H groups in total. The van der Waals surface area contributed by atoms with E-state index in [4.69, 9.17) is 12.2 Å². The zero-order valence-corrected chi connectivity index (χ0v) is 15.1. The van der Waals surface area contributed by atoms with Gasteiger partial charge in [-0.2, -0.15) is 5.10 Å². The van der Waals surface area contributed by atoms with E-state index in [1.807, 2.05) is 16.9 Å². The Morgan fingerprint density at radius 1 is 1.08 bits per heavy atom. The zero-order valence-electron chi connectivity index (χ0n) is 14.3. The minimum atomic E-state index is 0.617. The van der Waals surface area contributed by atoms with Crippen LogP contribution in [0.2, 0.25) is 0 Å². The molecule has 1 heterocycles. The summed E-state index contributed by atoms with van der Waals surface area (Å²) in [6.45, 7) is 3.67. The minimum Gasteiger partial charge on any atom is -0.362 e. The average molecular weight is 350 g/mol. The molecule has 0 radical (unpaired) electrons. The third kappa shape index (κ3) is 5.16. The third-order valence-electron chi connectivity index (χ3n) is 4.03. The fourth-order valence-corrected chi connectivity index (χ4v) is 2.84. The number of nitrogens with zero attached hydrogens (tertiary/aromatic N) is 2. The van der Waals surface area contributed by atoms with Gasteiger partial charge < -0.3 is 10.6 Å². The molecule has 0 aliphatic heterocycles. The van der Waals surface area contributed by atoms with Crippen molar-refractivity contribution in [2.45, 2.75) is 19.9 Å². The number of rotatable bonds is 6. The highest BCUT2D eigenvalue weighted by Gasteiger charge is 2.03. The van der Waals surface area contributed by atoms with Crippen LogP contribution in [0.3, 0.4) is 0 Å². The second-order valence-electron chi connectivity index (χ2n) is 5.97. The van der Waals surface area contributed by atoms with E-state index >= 15 is 0 Å². The molecule has 1 aromatic heterocycles. The van der Waals surface area contributed by atoms with Gasteiger partial charge in [-0.1, -0.05) is 54.6 Å². The van der Waals surface area contributed by atoms with Crippen molar-refractivity contribution in [1.82, 2.24) is 15.1 Å². The lowest BCUT2D eigenvalue weighted by Crippen LogP contribution is -2.30. The molecular weight excluding hydrogens is 328 g/mol. The Kier molecular flexibility index (Phi) is 5.80. The molecule has 3 rings (SSSR count). The number of thiocarbonyl (C=S) groups is 1. The largest absolute Gasteiger partial charge is 0.362 e. The van der Waals surface area contributed by atoms with E-state index in [0.29, 0.717) is 5.11 Å². The highest BCUT2D eigenvalue weighted by Crippen LogP contribution is 2.11. The summed E-state index contributed by atoms with van der Waals surface area (Å²) < 4.78 is 1.91. The molecule has 5 heteroatoms. The van der Waals surface area contributed by atoms with Gasteiger partial charge in [0.05, 0.1) is 18.4 Å². The van der Waals surface area contributed by atoms with Gasteiger partial charge in [0.1, 0.15) is 0 Å². The first-order valence-corrected chi connectivity index (χ1v) is 8.77. The van der Waals surface area contributed by atoms with Gasteiger partial charge in [-0.3, -0.25) is 4.68 Å². The molecule has 0 saturated carbocycles. The van der Waals surface area contributed by atoms with Crippen molar-refractivity contribution in [2.75, 3.05) is 11.9 Å². The second-order valence-corrected chi connectivity index (χ2v) is 6.38. The summed E-state index contributed by atoms with van der Waals surface area (Å²) in [6, 6.07) is 18.7. The van der Waals surface area contributed by atoms with Crippen LogP contribution in [0.25, 0.3) is 0 Å². The van der Waals surface area contributed by atoms with Crippen LogP contribution >= 0.6 is 12.2 Å². The standard InChI is InChI=1S/C20H22N4S/c1-16-7-5-6-10-18(16)14-24-15-19(13-22-24)23-20(25)21-12-11-17-8-3-2-4-9-17/h2-10,13,15H,11-12,14H2,1H3,(H2,21,23,25). The summed E-state index contributed by atoms with van der Waals surface area (Å²) in [5, 5.41) is 11.4. The summed E-state index contributed by atoms with van der Waals surface area (Å²) in [7, 11) is 0. The van der Waals surface area contributed by atoms with Crippen molar-refractivity contribution in [3.8, 4) is 0 Å². The molecule has 0 aliphatic rings. The monoisotopic (exact) mass is 350 g/mol. The first kappa shape index (κ1) is 17.2. The van der Waals surface area contributed by atoms with Gasteiger partial charge in [0.15, 0.2) is 5.11 Å². The zero-order chi connectivity index (χ0) is 17.5. The Hall–Kier alpha value is -2.66. The summed E-state index contributed by atoms with van der Waals surface area (Å²) in [4.78, 5) is 0. The van der Waals surface area contributed by atoms with Crippen molar-refractivity contribution in [3.63, 3.8) is 0 Å². The molecular formula is C20H22N4S. The summed E-state index contributed by atoms with van der Waals surface area (Å²) in [6.07, 6.45) is 4.70.